The molecule has 0 radical (unpaired) electrons. The lowest BCUT2D eigenvalue weighted by Gasteiger charge is -2.28. The molecule has 4 nitrogen and oxygen atoms in total. The number of nitrogens with one attached hydrogen (secondary N) is 1. The molecule has 4 heteroatoms. The van der Waals surface area contributed by atoms with E-state index in [2.05, 4.69) is 33.9 Å². The van der Waals surface area contributed by atoms with Gasteiger partial charge in [0.15, 0.2) is 0 Å². The van der Waals surface area contributed by atoms with Gasteiger partial charge in [-0.05, 0) is 31.5 Å². The van der Waals surface area contributed by atoms with Crippen LogP contribution in [-0.2, 0) is 19.4 Å². The van der Waals surface area contributed by atoms with Crippen LogP contribution in [0.3, 0.4) is 0 Å². The summed E-state index contributed by atoms with van der Waals surface area (Å²) in [5, 5.41) is 3.61. The summed E-state index contributed by atoms with van der Waals surface area (Å²) in [5.74, 6) is 2.15. The molecule has 1 atom stereocenters. The summed E-state index contributed by atoms with van der Waals surface area (Å²) in [4.78, 5) is 4.49. The number of ether oxygens (including phenoxy) is 1. The third kappa shape index (κ3) is 2.31. The van der Waals surface area contributed by atoms with Crippen LogP contribution < -0.4 is 10.1 Å². The van der Waals surface area contributed by atoms with Gasteiger partial charge in [0.2, 0.25) is 0 Å². The first-order valence-electron chi connectivity index (χ1n) is 7.22. The average molecular weight is 271 g/mol. The Labute approximate surface area is 119 Å². The number of hydrogen-bond donors (Lipinski definition) is 1. The zero-order valence-corrected chi connectivity index (χ0v) is 12.1. The molecule has 0 saturated carbocycles. The van der Waals surface area contributed by atoms with Crippen molar-refractivity contribution < 1.29 is 4.74 Å². The highest BCUT2D eigenvalue weighted by Crippen LogP contribution is 2.31. The molecule has 1 aromatic heterocycles. The molecule has 2 heterocycles. The number of imidazole rings is 1. The van der Waals surface area contributed by atoms with Gasteiger partial charge in [-0.15, -0.1) is 0 Å². The first-order valence-corrected chi connectivity index (χ1v) is 7.22. The quantitative estimate of drug-likeness (QED) is 0.927. The van der Waals surface area contributed by atoms with Crippen LogP contribution in [0, 0.1) is 0 Å². The molecule has 1 aliphatic rings. The first-order chi connectivity index (χ1) is 9.83. The van der Waals surface area contributed by atoms with Crippen molar-refractivity contribution in [3.8, 4) is 5.75 Å². The Hall–Kier alpha value is -1.81. The molecule has 0 fully saturated rings. The largest absolute Gasteiger partial charge is 0.496 e. The van der Waals surface area contributed by atoms with Gasteiger partial charge in [-0.3, -0.25) is 0 Å². The van der Waals surface area contributed by atoms with Crippen molar-refractivity contribution in [1.82, 2.24) is 14.9 Å². The average Bonchev–Trinajstić information content (AvgIpc) is 2.94. The second-order valence-corrected chi connectivity index (χ2v) is 5.12. The summed E-state index contributed by atoms with van der Waals surface area (Å²) in [6.45, 7) is 4.11. The van der Waals surface area contributed by atoms with Crippen LogP contribution in [-0.4, -0.2) is 23.2 Å². The van der Waals surface area contributed by atoms with Gasteiger partial charge < -0.3 is 14.6 Å². The standard InChI is InChI=1S/C16H21N3O/c1-3-19-10-9-18-16(19)11-14-12-5-4-6-15(20-2)13(12)7-8-17-14/h4-6,9-10,14,17H,3,7-8,11H2,1-2H3. The van der Waals surface area contributed by atoms with Crippen molar-refractivity contribution >= 4 is 0 Å². The van der Waals surface area contributed by atoms with E-state index in [0.29, 0.717) is 6.04 Å². The lowest BCUT2D eigenvalue weighted by atomic mass is 9.91. The monoisotopic (exact) mass is 271 g/mol. The molecule has 0 amide bonds. The van der Waals surface area contributed by atoms with Crippen LogP contribution in [0.25, 0.3) is 0 Å². The van der Waals surface area contributed by atoms with E-state index in [-0.39, 0.29) is 0 Å². The van der Waals surface area contributed by atoms with Crippen LogP contribution in [0.15, 0.2) is 30.6 Å². The predicted molar refractivity (Wildman–Crippen MR) is 79.0 cm³/mol. The van der Waals surface area contributed by atoms with Crippen molar-refractivity contribution in [2.75, 3.05) is 13.7 Å². The highest BCUT2D eigenvalue weighted by Gasteiger charge is 2.23. The number of methoxy groups -OCH3 is 1. The van der Waals surface area contributed by atoms with Gasteiger partial charge in [0, 0.05) is 37.0 Å². The van der Waals surface area contributed by atoms with Crippen LogP contribution >= 0.6 is 0 Å². The fourth-order valence-electron chi connectivity index (χ4n) is 3.03. The summed E-state index contributed by atoms with van der Waals surface area (Å²) >= 11 is 0. The maximum Gasteiger partial charge on any atom is 0.122 e. The number of aryl methyl sites for hydroxylation is 1. The molecule has 0 spiro atoms. The van der Waals surface area contributed by atoms with Crippen LogP contribution in [0.5, 0.6) is 5.75 Å². The second-order valence-electron chi connectivity index (χ2n) is 5.12. The number of aromatic nitrogens is 2. The zero-order chi connectivity index (χ0) is 13.9. The van der Waals surface area contributed by atoms with E-state index in [1.165, 1.54) is 11.1 Å². The number of rotatable bonds is 4. The molecule has 3 rings (SSSR count). The maximum absolute atomic E-state index is 5.49. The van der Waals surface area contributed by atoms with Gasteiger partial charge in [0.05, 0.1) is 7.11 Å². The number of hydrogen-bond acceptors (Lipinski definition) is 3. The van der Waals surface area contributed by atoms with E-state index >= 15 is 0 Å². The van der Waals surface area contributed by atoms with E-state index in [1.807, 2.05) is 18.5 Å². The van der Waals surface area contributed by atoms with E-state index < -0.39 is 0 Å². The van der Waals surface area contributed by atoms with Crippen molar-refractivity contribution in [3.63, 3.8) is 0 Å². The van der Waals surface area contributed by atoms with E-state index in [4.69, 9.17) is 4.74 Å². The molecular formula is C16H21N3O. The smallest absolute Gasteiger partial charge is 0.122 e. The van der Waals surface area contributed by atoms with Crippen LogP contribution in [0.2, 0.25) is 0 Å². The third-order valence-corrected chi connectivity index (χ3v) is 4.06. The molecule has 20 heavy (non-hydrogen) atoms. The van der Waals surface area contributed by atoms with Crippen molar-refractivity contribution in [2.24, 2.45) is 0 Å². The highest BCUT2D eigenvalue weighted by atomic mass is 16.5. The summed E-state index contributed by atoms with van der Waals surface area (Å²) in [7, 11) is 1.75. The van der Waals surface area contributed by atoms with Crippen molar-refractivity contribution in [1.29, 1.82) is 0 Å². The Morgan fingerprint density at radius 1 is 1.45 bits per heavy atom. The molecule has 1 N–H and O–H groups in total. The van der Waals surface area contributed by atoms with Crippen molar-refractivity contribution in [3.05, 3.63) is 47.5 Å². The Morgan fingerprint density at radius 2 is 2.35 bits per heavy atom. The molecule has 1 aliphatic heterocycles. The highest BCUT2D eigenvalue weighted by molar-refractivity contribution is 5.43. The normalized spacial score (nSPS) is 17.8. The molecule has 0 saturated heterocycles. The zero-order valence-electron chi connectivity index (χ0n) is 12.1. The van der Waals surface area contributed by atoms with Crippen LogP contribution in [0.1, 0.15) is 29.9 Å². The predicted octanol–water partition coefficient (Wildman–Crippen LogP) is 2.34. The van der Waals surface area contributed by atoms with Crippen LogP contribution in [0.4, 0.5) is 0 Å². The molecule has 0 bridgehead atoms. The molecule has 0 aliphatic carbocycles. The molecule has 1 aromatic carbocycles. The van der Waals surface area contributed by atoms with Gasteiger partial charge in [-0.25, -0.2) is 4.98 Å². The molecule has 106 valence electrons. The van der Waals surface area contributed by atoms with E-state index in [1.54, 1.807) is 7.11 Å². The van der Waals surface area contributed by atoms with E-state index in [0.717, 1.165) is 37.5 Å². The Morgan fingerprint density at radius 3 is 3.15 bits per heavy atom. The van der Waals surface area contributed by atoms with Gasteiger partial charge in [-0.2, -0.15) is 0 Å². The number of fused-ring (bicyclic) bond motifs is 1. The van der Waals surface area contributed by atoms with Gasteiger partial charge in [-0.1, -0.05) is 12.1 Å². The van der Waals surface area contributed by atoms with E-state index in [9.17, 15) is 0 Å². The fraction of sp³-hybridized carbons (Fsp3) is 0.438. The summed E-state index contributed by atoms with van der Waals surface area (Å²) in [6.07, 6.45) is 5.87. The first kappa shape index (κ1) is 13.2. The Bertz CT molecular complexity index is 591. The summed E-state index contributed by atoms with van der Waals surface area (Å²) in [6, 6.07) is 6.65. The molecule has 2 aromatic rings. The maximum atomic E-state index is 5.49. The van der Waals surface area contributed by atoms with Gasteiger partial charge >= 0.3 is 0 Å². The minimum Gasteiger partial charge on any atom is -0.496 e. The lowest BCUT2D eigenvalue weighted by molar-refractivity contribution is 0.399. The Kier molecular flexibility index (Phi) is 3.74. The Balaban J connectivity index is 1.90. The summed E-state index contributed by atoms with van der Waals surface area (Å²) < 4.78 is 7.70. The molecular weight excluding hydrogens is 250 g/mol. The van der Waals surface area contributed by atoms with Gasteiger partial charge in [0.1, 0.15) is 11.6 Å². The lowest BCUT2D eigenvalue weighted by Crippen LogP contribution is -2.32. The summed E-state index contributed by atoms with van der Waals surface area (Å²) in [5.41, 5.74) is 2.69. The minimum absolute atomic E-state index is 0.321. The SMILES string of the molecule is CCn1ccnc1CC1NCCc2c(OC)cccc21. The van der Waals surface area contributed by atoms with Crippen molar-refractivity contribution in [2.45, 2.75) is 32.4 Å². The minimum atomic E-state index is 0.321. The topological polar surface area (TPSA) is 39.1 Å². The second kappa shape index (κ2) is 5.67. The van der Waals surface area contributed by atoms with Gasteiger partial charge in [0.25, 0.3) is 0 Å². The third-order valence-electron chi connectivity index (χ3n) is 4.06. The number of benzene rings is 1. The molecule has 1 unspecified atom stereocenters. The number of nitrogens with zero attached hydrogens (tertiary/aromatic N) is 2. The fourth-order valence-corrected chi connectivity index (χ4v) is 3.03.